The smallest absolute Gasteiger partial charge is 0.248 e. The van der Waals surface area contributed by atoms with Gasteiger partial charge in [-0.3, -0.25) is 0 Å². The van der Waals surface area contributed by atoms with Crippen molar-refractivity contribution >= 4 is 15.9 Å². The Morgan fingerprint density at radius 2 is 2.17 bits per heavy atom. The quantitative estimate of drug-likeness (QED) is 0.863. The fourth-order valence-electron chi connectivity index (χ4n) is 1.70. The monoisotopic (exact) mass is 309 g/mol. The molecule has 96 valence electrons. The molecule has 0 radical (unpaired) electrons. The third-order valence-corrected chi connectivity index (χ3v) is 3.21. The van der Waals surface area contributed by atoms with Crippen LogP contribution in [-0.4, -0.2) is 23.8 Å². The minimum Gasteiger partial charge on any atom is -0.421 e. The zero-order chi connectivity index (χ0) is 13.0. The summed E-state index contributed by atoms with van der Waals surface area (Å²) in [6, 6.07) is 6.04. The number of aryl methyl sites for hydroxylation is 2. The molecule has 1 aromatic carbocycles. The number of nitrogens with zero attached hydrogens (tertiary/aromatic N) is 2. The van der Waals surface area contributed by atoms with Crippen molar-refractivity contribution in [3.63, 3.8) is 0 Å². The molecule has 0 saturated carbocycles. The third kappa shape index (κ3) is 3.17. The summed E-state index contributed by atoms with van der Waals surface area (Å²) in [6.45, 7) is 2.99. The van der Waals surface area contributed by atoms with Crippen LogP contribution < -0.4 is 5.32 Å². The molecule has 0 bridgehead atoms. The lowest BCUT2D eigenvalue weighted by atomic mass is 10.1. The number of halogens is 1. The largest absolute Gasteiger partial charge is 0.421 e. The molecule has 0 aliphatic heterocycles. The summed E-state index contributed by atoms with van der Waals surface area (Å²) in [7, 11) is 1.93. The van der Waals surface area contributed by atoms with E-state index >= 15 is 0 Å². The van der Waals surface area contributed by atoms with Crippen LogP contribution in [0.3, 0.4) is 0 Å². The molecule has 0 spiro atoms. The standard InChI is InChI=1S/C13H16BrN3O/c1-9-5-6-10(14)8-11(9)13-17-16-12(18-13)4-3-7-15-2/h5-6,8,15H,3-4,7H2,1-2H3. The molecule has 0 atom stereocenters. The van der Waals surface area contributed by atoms with Crippen LogP contribution in [0.1, 0.15) is 17.9 Å². The van der Waals surface area contributed by atoms with E-state index in [0.717, 1.165) is 35.0 Å². The zero-order valence-electron chi connectivity index (χ0n) is 10.5. The van der Waals surface area contributed by atoms with Crippen LogP contribution in [-0.2, 0) is 6.42 Å². The average molecular weight is 310 g/mol. The van der Waals surface area contributed by atoms with Crippen molar-refractivity contribution < 1.29 is 4.42 Å². The molecule has 0 saturated heterocycles. The lowest BCUT2D eigenvalue weighted by Gasteiger charge is -2.01. The number of aromatic nitrogens is 2. The summed E-state index contributed by atoms with van der Waals surface area (Å²) in [4.78, 5) is 0. The van der Waals surface area contributed by atoms with Gasteiger partial charge in [0.05, 0.1) is 0 Å². The van der Waals surface area contributed by atoms with E-state index in [1.165, 1.54) is 0 Å². The summed E-state index contributed by atoms with van der Waals surface area (Å²) < 4.78 is 6.69. The van der Waals surface area contributed by atoms with Gasteiger partial charge in [-0.15, -0.1) is 10.2 Å². The Kier molecular flexibility index (Phi) is 4.49. The predicted molar refractivity (Wildman–Crippen MR) is 74.4 cm³/mol. The van der Waals surface area contributed by atoms with Gasteiger partial charge in [-0.05, 0) is 44.6 Å². The van der Waals surface area contributed by atoms with Crippen LogP contribution >= 0.6 is 15.9 Å². The molecule has 0 unspecified atom stereocenters. The molecule has 0 fully saturated rings. The molecule has 1 heterocycles. The second kappa shape index (κ2) is 6.11. The maximum Gasteiger partial charge on any atom is 0.248 e. The molecule has 1 N–H and O–H groups in total. The molecule has 4 nitrogen and oxygen atoms in total. The molecule has 0 aliphatic carbocycles. The lowest BCUT2D eigenvalue weighted by molar-refractivity contribution is 0.494. The minimum atomic E-state index is 0.591. The van der Waals surface area contributed by atoms with Crippen LogP contribution in [0.25, 0.3) is 11.5 Å². The Morgan fingerprint density at radius 3 is 2.94 bits per heavy atom. The van der Waals surface area contributed by atoms with Crippen molar-refractivity contribution in [3.05, 3.63) is 34.1 Å². The SMILES string of the molecule is CNCCCc1nnc(-c2cc(Br)ccc2C)o1. The Balaban J connectivity index is 2.16. The highest BCUT2D eigenvalue weighted by atomic mass is 79.9. The Labute approximate surface area is 115 Å². The van der Waals surface area contributed by atoms with E-state index < -0.39 is 0 Å². The second-order valence-electron chi connectivity index (χ2n) is 4.17. The fourth-order valence-corrected chi connectivity index (χ4v) is 2.07. The second-order valence-corrected chi connectivity index (χ2v) is 5.08. The van der Waals surface area contributed by atoms with E-state index in [2.05, 4.69) is 31.4 Å². The van der Waals surface area contributed by atoms with Gasteiger partial charge in [0.2, 0.25) is 11.8 Å². The van der Waals surface area contributed by atoms with Gasteiger partial charge in [0, 0.05) is 16.5 Å². The molecule has 2 aromatic rings. The van der Waals surface area contributed by atoms with E-state index in [-0.39, 0.29) is 0 Å². The van der Waals surface area contributed by atoms with Gasteiger partial charge in [0.1, 0.15) is 0 Å². The zero-order valence-corrected chi connectivity index (χ0v) is 12.1. The highest BCUT2D eigenvalue weighted by molar-refractivity contribution is 9.10. The molecule has 18 heavy (non-hydrogen) atoms. The Morgan fingerprint density at radius 1 is 1.33 bits per heavy atom. The van der Waals surface area contributed by atoms with Gasteiger partial charge in [-0.1, -0.05) is 22.0 Å². The maximum absolute atomic E-state index is 5.68. The summed E-state index contributed by atoms with van der Waals surface area (Å²) in [5, 5.41) is 11.3. The maximum atomic E-state index is 5.68. The topological polar surface area (TPSA) is 51.0 Å². The van der Waals surface area contributed by atoms with Crippen molar-refractivity contribution in [2.45, 2.75) is 19.8 Å². The van der Waals surface area contributed by atoms with Crippen molar-refractivity contribution in [2.75, 3.05) is 13.6 Å². The highest BCUT2D eigenvalue weighted by Gasteiger charge is 2.11. The number of nitrogens with one attached hydrogen (secondary N) is 1. The first-order valence-electron chi connectivity index (χ1n) is 5.94. The molecule has 0 amide bonds. The first-order chi connectivity index (χ1) is 8.70. The normalized spacial score (nSPS) is 10.8. The fraction of sp³-hybridized carbons (Fsp3) is 0.385. The van der Waals surface area contributed by atoms with Crippen LogP contribution in [0, 0.1) is 6.92 Å². The van der Waals surface area contributed by atoms with Crippen LogP contribution in [0.2, 0.25) is 0 Å². The van der Waals surface area contributed by atoms with Crippen LogP contribution in [0.4, 0.5) is 0 Å². The lowest BCUT2D eigenvalue weighted by Crippen LogP contribution is -2.08. The molecular weight excluding hydrogens is 294 g/mol. The third-order valence-electron chi connectivity index (χ3n) is 2.71. The molecule has 2 rings (SSSR count). The number of hydrogen-bond acceptors (Lipinski definition) is 4. The predicted octanol–water partition coefficient (Wildman–Crippen LogP) is 2.96. The molecule has 0 aliphatic rings. The van der Waals surface area contributed by atoms with Crippen molar-refractivity contribution in [1.29, 1.82) is 0 Å². The summed E-state index contributed by atoms with van der Waals surface area (Å²) in [5.74, 6) is 1.29. The first-order valence-corrected chi connectivity index (χ1v) is 6.73. The van der Waals surface area contributed by atoms with Gasteiger partial charge >= 0.3 is 0 Å². The average Bonchev–Trinajstić information content (AvgIpc) is 2.81. The summed E-state index contributed by atoms with van der Waals surface area (Å²) in [6.07, 6.45) is 1.80. The van der Waals surface area contributed by atoms with Crippen molar-refractivity contribution in [3.8, 4) is 11.5 Å². The van der Waals surface area contributed by atoms with Crippen molar-refractivity contribution in [2.24, 2.45) is 0 Å². The van der Waals surface area contributed by atoms with Crippen molar-refractivity contribution in [1.82, 2.24) is 15.5 Å². The summed E-state index contributed by atoms with van der Waals surface area (Å²) in [5.41, 5.74) is 2.11. The van der Waals surface area contributed by atoms with Gasteiger partial charge in [0.25, 0.3) is 0 Å². The molecule has 1 aromatic heterocycles. The molecular formula is C13H16BrN3O. The summed E-state index contributed by atoms with van der Waals surface area (Å²) >= 11 is 3.45. The van der Waals surface area contributed by atoms with Crippen LogP contribution in [0.15, 0.2) is 27.1 Å². The van der Waals surface area contributed by atoms with Crippen LogP contribution in [0.5, 0.6) is 0 Å². The number of hydrogen-bond donors (Lipinski definition) is 1. The van der Waals surface area contributed by atoms with Gasteiger partial charge in [-0.2, -0.15) is 0 Å². The van der Waals surface area contributed by atoms with Gasteiger partial charge in [0.15, 0.2) is 0 Å². The Hall–Kier alpha value is -1.20. The van der Waals surface area contributed by atoms with Gasteiger partial charge in [-0.25, -0.2) is 0 Å². The number of benzene rings is 1. The van der Waals surface area contributed by atoms with E-state index in [1.54, 1.807) is 0 Å². The molecule has 5 heteroatoms. The minimum absolute atomic E-state index is 0.591. The van der Waals surface area contributed by atoms with E-state index in [1.807, 2.05) is 32.2 Å². The number of rotatable bonds is 5. The van der Waals surface area contributed by atoms with E-state index in [9.17, 15) is 0 Å². The van der Waals surface area contributed by atoms with Gasteiger partial charge < -0.3 is 9.73 Å². The van der Waals surface area contributed by atoms with E-state index in [0.29, 0.717) is 11.8 Å². The first kappa shape index (κ1) is 13.2. The highest BCUT2D eigenvalue weighted by Crippen LogP contribution is 2.25. The van der Waals surface area contributed by atoms with E-state index in [4.69, 9.17) is 4.42 Å². The Bertz CT molecular complexity index is 525.